The molecule has 7 heteroatoms. The summed E-state index contributed by atoms with van der Waals surface area (Å²) in [4.78, 5) is -0.423. The molecule has 0 aliphatic rings. The van der Waals surface area contributed by atoms with Crippen LogP contribution in [0.4, 0.5) is 8.78 Å². The van der Waals surface area contributed by atoms with E-state index < -0.39 is 32.6 Å². The summed E-state index contributed by atoms with van der Waals surface area (Å²) >= 11 is 5.80. The Bertz CT molecular complexity index is 758. The van der Waals surface area contributed by atoms with E-state index in [9.17, 15) is 17.2 Å². The Balaban J connectivity index is 2.37. The molecule has 0 radical (unpaired) electrons. The van der Waals surface area contributed by atoms with Gasteiger partial charge in [0.05, 0.1) is 4.90 Å². The Morgan fingerprint density at radius 2 is 1.55 bits per heavy atom. The molecule has 0 aliphatic heterocycles. The highest BCUT2D eigenvalue weighted by atomic mass is 35.5. The third kappa shape index (κ3) is 3.45. The maximum Gasteiger partial charge on any atom is 0.243 e. The largest absolute Gasteiger partial charge is 0.243 e. The van der Waals surface area contributed by atoms with Crippen molar-refractivity contribution in [1.29, 1.82) is 0 Å². The van der Waals surface area contributed by atoms with Gasteiger partial charge >= 0.3 is 0 Å². The second-order valence-corrected chi connectivity index (χ2v) is 7.29. The van der Waals surface area contributed by atoms with Crippen molar-refractivity contribution in [2.24, 2.45) is 0 Å². The molecule has 0 fully saturated rings. The highest BCUT2D eigenvalue weighted by Crippen LogP contribution is 2.27. The van der Waals surface area contributed by atoms with Gasteiger partial charge in [0.15, 0.2) is 0 Å². The van der Waals surface area contributed by atoms with E-state index in [1.165, 1.54) is 7.05 Å². The second kappa shape index (κ2) is 6.32. The van der Waals surface area contributed by atoms with E-state index in [0.717, 1.165) is 16.4 Å². The molecule has 0 aromatic heterocycles. The normalized spacial score (nSPS) is 13.4. The fourth-order valence-electron chi connectivity index (χ4n) is 2.00. The standard InChI is InChI=1S/C15H14ClF2NO2S/c1-10(11-3-5-12(16)6-4-11)19(2)22(20,21)15-8-13(17)7-14(18)9-15/h3-10H,1-2H3/t10-/m1/s1. The first-order valence-corrected chi connectivity index (χ1v) is 8.23. The maximum atomic E-state index is 13.3. The zero-order valence-electron chi connectivity index (χ0n) is 11.9. The number of halogens is 3. The Morgan fingerprint density at radius 3 is 2.05 bits per heavy atom. The summed E-state index contributed by atoms with van der Waals surface area (Å²) in [6, 6.07) is 8.39. The first-order chi connectivity index (χ1) is 10.2. The van der Waals surface area contributed by atoms with E-state index in [4.69, 9.17) is 11.6 Å². The van der Waals surface area contributed by atoms with Crippen LogP contribution in [0.5, 0.6) is 0 Å². The van der Waals surface area contributed by atoms with Crippen LogP contribution >= 0.6 is 11.6 Å². The van der Waals surface area contributed by atoms with Crippen LogP contribution in [0.3, 0.4) is 0 Å². The molecule has 1 atom stereocenters. The molecule has 2 rings (SSSR count). The monoisotopic (exact) mass is 345 g/mol. The number of sulfonamides is 1. The molecule has 2 aromatic carbocycles. The summed E-state index contributed by atoms with van der Waals surface area (Å²) < 4.78 is 52.5. The van der Waals surface area contributed by atoms with Gasteiger partial charge in [0.2, 0.25) is 10.0 Å². The van der Waals surface area contributed by atoms with Crippen molar-refractivity contribution >= 4 is 21.6 Å². The van der Waals surface area contributed by atoms with E-state index in [0.29, 0.717) is 16.7 Å². The lowest BCUT2D eigenvalue weighted by Crippen LogP contribution is -2.30. The summed E-state index contributed by atoms with van der Waals surface area (Å²) in [7, 11) is -2.66. The SMILES string of the molecule is C[C@H](c1ccc(Cl)cc1)N(C)S(=O)(=O)c1cc(F)cc(F)c1. The van der Waals surface area contributed by atoms with Gasteiger partial charge in [0.25, 0.3) is 0 Å². The van der Waals surface area contributed by atoms with Crippen molar-refractivity contribution in [2.45, 2.75) is 17.9 Å². The van der Waals surface area contributed by atoms with Crippen molar-refractivity contribution in [3.8, 4) is 0 Å². The molecule has 0 N–H and O–H groups in total. The lowest BCUT2D eigenvalue weighted by molar-refractivity contribution is 0.397. The average molecular weight is 346 g/mol. The van der Waals surface area contributed by atoms with Crippen molar-refractivity contribution < 1.29 is 17.2 Å². The minimum atomic E-state index is -4.02. The van der Waals surface area contributed by atoms with Gasteiger partial charge in [-0.1, -0.05) is 23.7 Å². The van der Waals surface area contributed by atoms with E-state index in [1.54, 1.807) is 31.2 Å². The van der Waals surface area contributed by atoms with Crippen LogP contribution in [0.15, 0.2) is 47.4 Å². The maximum absolute atomic E-state index is 13.3. The highest BCUT2D eigenvalue weighted by Gasteiger charge is 2.27. The van der Waals surface area contributed by atoms with E-state index in [2.05, 4.69) is 0 Å². The van der Waals surface area contributed by atoms with Crippen LogP contribution in [-0.2, 0) is 10.0 Å². The first-order valence-electron chi connectivity index (χ1n) is 6.41. The summed E-state index contributed by atoms with van der Waals surface area (Å²) in [5, 5.41) is 0.536. The first kappa shape index (κ1) is 16.9. The smallest absolute Gasteiger partial charge is 0.207 e. The summed E-state index contributed by atoms with van der Waals surface area (Å²) in [6.45, 7) is 1.68. The highest BCUT2D eigenvalue weighted by molar-refractivity contribution is 7.89. The van der Waals surface area contributed by atoms with Crippen LogP contribution in [0, 0.1) is 11.6 Å². The molecule has 0 heterocycles. The molecule has 118 valence electrons. The van der Waals surface area contributed by atoms with E-state index >= 15 is 0 Å². The van der Waals surface area contributed by atoms with Crippen LogP contribution in [0.25, 0.3) is 0 Å². The summed E-state index contributed by atoms with van der Waals surface area (Å²) in [5.41, 5.74) is 0.715. The summed E-state index contributed by atoms with van der Waals surface area (Å²) in [6.07, 6.45) is 0. The fourth-order valence-corrected chi connectivity index (χ4v) is 3.52. The van der Waals surface area contributed by atoms with Crippen molar-refractivity contribution in [3.05, 3.63) is 64.7 Å². The third-order valence-electron chi connectivity index (χ3n) is 3.41. The van der Waals surface area contributed by atoms with Crippen LogP contribution in [0.2, 0.25) is 5.02 Å². The molecule has 3 nitrogen and oxygen atoms in total. The molecule has 0 saturated carbocycles. The minimum Gasteiger partial charge on any atom is -0.207 e. The Morgan fingerprint density at radius 1 is 1.05 bits per heavy atom. The summed E-state index contributed by atoms with van der Waals surface area (Å²) in [5.74, 6) is -1.88. The molecule has 0 spiro atoms. The second-order valence-electron chi connectivity index (χ2n) is 4.85. The molecular weight excluding hydrogens is 332 g/mol. The zero-order chi connectivity index (χ0) is 16.5. The van der Waals surface area contributed by atoms with Crippen LogP contribution in [-0.4, -0.2) is 19.8 Å². The predicted molar refractivity (Wildman–Crippen MR) is 81.2 cm³/mol. The minimum absolute atomic E-state index is 0.423. The van der Waals surface area contributed by atoms with Gasteiger partial charge in [-0.2, -0.15) is 4.31 Å². The molecule has 22 heavy (non-hydrogen) atoms. The average Bonchev–Trinajstić information content (AvgIpc) is 2.45. The molecular formula is C15H14ClF2NO2S. The molecule has 0 unspecified atom stereocenters. The molecule has 0 saturated heterocycles. The molecule has 0 aliphatic carbocycles. The third-order valence-corrected chi connectivity index (χ3v) is 5.57. The molecule has 0 bridgehead atoms. The lowest BCUT2D eigenvalue weighted by Gasteiger charge is -2.24. The van der Waals surface area contributed by atoms with E-state index in [1.807, 2.05) is 0 Å². The van der Waals surface area contributed by atoms with Gasteiger partial charge in [-0.05, 0) is 36.8 Å². The van der Waals surface area contributed by atoms with Crippen LogP contribution in [0.1, 0.15) is 18.5 Å². The van der Waals surface area contributed by atoms with Crippen molar-refractivity contribution in [1.82, 2.24) is 4.31 Å². The molecule has 2 aromatic rings. The van der Waals surface area contributed by atoms with Gasteiger partial charge in [-0.25, -0.2) is 17.2 Å². The van der Waals surface area contributed by atoms with Gasteiger partial charge in [0, 0.05) is 24.2 Å². The predicted octanol–water partition coefficient (Wildman–Crippen LogP) is 4.00. The van der Waals surface area contributed by atoms with Crippen LogP contribution < -0.4 is 0 Å². The number of hydrogen-bond acceptors (Lipinski definition) is 2. The molecule has 0 amide bonds. The van der Waals surface area contributed by atoms with Gasteiger partial charge in [0.1, 0.15) is 11.6 Å². The number of rotatable bonds is 4. The Labute approximate surface area is 133 Å². The van der Waals surface area contributed by atoms with Crippen molar-refractivity contribution in [2.75, 3.05) is 7.05 Å². The lowest BCUT2D eigenvalue weighted by atomic mass is 10.1. The zero-order valence-corrected chi connectivity index (χ0v) is 13.5. The number of benzene rings is 2. The topological polar surface area (TPSA) is 37.4 Å². The number of nitrogens with zero attached hydrogens (tertiary/aromatic N) is 1. The van der Waals surface area contributed by atoms with Gasteiger partial charge < -0.3 is 0 Å². The van der Waals surface area contributed by atoms with E-state index in [-0.39, 0.29) is 0 Å². The van der Waals surface area contributed by atoms with Gasteiger partial charge in [-0.3, -0.25) is 0 Å². The van der Waals surface area contributed by atoms with Crippen molar-refractivity contribution in [3.63, 3.8) is 0 Å². The Hall–Kier alpha value is -1.50. The fraction of sp³-hybridized carbons (Fsp3) is 0.200. The number of hydrogen-bond donors (Lipinski definition) is 0. The van der Waals surface area contributed by atoms with Gasteiger partial charge in [-0.15, -0.1) is 0 Å². The Kier molecular flexibility index (Phi) is 4.84. The quantitative estimate of drug-likeness (QED) is 0.840.